The van der Waals surface area contributed by atoms with E-state index in [1.54, 1.807) is 24.5 Å². The van der Waals surface area contributed by atoms with Gasteiger partial charge in [-0.2, -0.15) is 0 Å². The third-order valence-electron chi connectivity index (χ3n) is 3.45. The molecular formula is C14H9ClO4. The Morgan fingerprint density at radius 1 is 1.32 bits per heavy atom. The molecule has 2 aromatic rings. The average Bonchev–Trinajstić information content (AvgIpc) is 2.88. The highest BCUT2D eigenvalue weighted by molar-refractivity contribution is 6.31. The van der Waals surface area contributed by atoms with E-state index in [9.17, 15) is 4.79 Å². The number of hydrogen-bond donors (Lipinski definition) is 0. The van der Waals surface area contributed by atoms with Gasteiger partial charge in [-0.15, -0.1) is 0 Å². The van der Waals surface area contributed by atoms with E-state index in [1.807, 2.05) is 6.08 Å². The van der Waals surface area contributed by atoms with Gasteiger partial charge in [-0.3, -0.25) is 4.79 Å². The van der Waals surface area contributed by atoms with Crippen LogP contribution in [0.5, 0.6) is 5.75 Å². The van der Waals surface area contributed by atoms with Crippen molar-refractivity contribution < 1.29 is 13.9 Å². The van der Waals surface area contributed by atoms with Crippen LogP contribution in [0.4, 0.5) is 0 Å². The second kappa shape index (κ2) is 3.78. The van der Waals surface area contributed by atoms with Crippen LogP contribution in [0.2, 0.25) is 5.02 Å². The van der Waals surface area contributed by atoms with Crippen molar-refractivity contribution in [3.05, 3.63) is 51.5 Å². The van der Waals surface area contributed by atoms with Crippen molar-refractivity contribution >= 4 is 22.6 Å². The van der Waals surface area contributed by atoms with E-state index >= 15 is 0 Å². The molecule has 2 aliphatic rings. The highest BCUT2D eigenvalue weighted by Gasteiger charge is 2.38. The van der Waals surface area contributed by atoms with Crippen LogP contribution in [-0.2, 0) is 4.74 Å². The van der Waals surface area contributed by atoms with Crippen molar-refractivity contribution in [3.63, 3.8) is 0 Å². The zero-order valence-electron chi connectivity index (χ0n) is 9.76. The minimum atomic E-state index is -0.267. The lowest BCUT2D eigenvalue weighted by atomic mass is 9.99. The highest BCUT2D eigenvalue weighted by Crippen LogP contribution is 2.41. The maximum atomic E-state index is 12.4. The Morgan fingerprint density at radius 3 is 3.11 bits per heavy atom. The summed E-state index contributed by atoms with van der Waals surface area (Å²) in [6.45, 7) is 0.422. The third-order valence-corrected chi connectivity index (χ3v) is 3.69. The fourth-order valence-electron chi connectivity index (χ4n) is 2.50. The van der Waals surface area contributed by atoms with Crippen molar-refractivity contribution in [1.29, 1.82) is 0 Å². The second-order valence-corrected chi connectivity index (χ2v) is 5.06. The van der Waals surface area contributed by atoms with E-state index in [1.165, 1.54) is 0 Å². The lowest BCUT2D eigenvalue weighted by Gasteiger charge is -2.25. The first-order chi connectivity index (χ1) is 9.24. The molecule has 2 aliphatic heterocycles. The van der Waals surface area contributed by atoms with Gasteiger partial charge in [0.25, 0.3) is 0 Å². The molecule has 0 spiro atoms. The Morgan fingerprint density at radius 2 is 2.21 bits per heavy atom. The molecule has 0 radical (unpaired) electrons. The molecule has 0 bridgehead atoms. The molecule has 19 heavy (non-hydrogen) atoms. The summed E-state index contributed by atoms with van der Waals surface area (Å²) in [5.74, 6) is 0.793. The zero-order valence-corrected chi connectivity index (χ0v) is 10.5. The van der Waals surface area contributed by atoms with Gasteiger partial charge in [-0.25, -0.2) is 0 Å². The van der Waals surface area contributed by atoms with Crippen molar-refractivity contribution in [2.45, 2.75) is 6.10 Å². The predicted molar refractivity (Wildman–Crippen MR) is 69.4 cm³/mol. The Bertz CT molecular complexity index is 762. The first-order valence-electron chi connectivity index (χ1n) is 5.95. The van der Waals surface area contributed by atoms with Gasteiger partial charge in [-0.05, 0) is 24.3 Å². The van der Waals surface area contributed by atoms with Crippen molar-refractivity contribution in [1.82, 2.24) is 0 Å². The first kappa shape index (κ1) is 10.9. The fraction of sp³-hybridized carbons (Fsp3) is 0.214. The lowest BCUT2D eigenvalue weighted by Crippen LogP contribution is -2.26. The van der Waals surface area contributed by atoms with Crippen LogP contribution in [0.1, 0.15) is 11.9 Å². The van der Waals surface area contributed by atoms with Crippen molar-refractivity contribution in [3.8, 4) is 5.75 Å². The van der Waals surface area contributed by atoms with E-state index in [2.05, 4.69) is 0 Å². The molecule has 0 N–H and O–H groups in total. The van der Waals surface area contributed by atoms with E-state index in [0.717, 1.165) is 0 Å². The molecule has 1 aromatic carbocycles. The lowest BCUT2D eigenvalue weighted by molar-refractivity contribution is 0.0615. The van der Waals surface area contributed by atoms with Gasteiger partial charge in [0, 0.05) is 5.02 Å². The quantitative estimate of drug-likeness (QED) is 0.742. The van der Waals surface area contributed by atoms with Gasteiger partial charge in [0.05, 0.1) is 24.2 Å². The van der Waals surface area contributed by atoms with Crippen molar-refractivity contribution in [2.24, 2.45) is 5.92 Å². The summed E-state index contributed by atoms with van der Waals surface area (Å²) in [6, 6.07) is 4.96. The van der Waals surface area contributed by atoms with Gasteiger partial charge in [0.1, 0.15) is 5.58 Å². The van der Waals surface area contributed by atoms with E-state index < -0.39 is 0 Å². The van der Waals surface area contributed by atoms with Gasteiger partial charge in [-0.1, -0.05) is 11.6 Å². The summed E-state index contributed by atoms with van der Waals surface area (Å²) in [5.41, 5.74) is 0.292. The van der Waals surface area contributed by atoms with Crippen LogP contribution in [0, 0.1) is 5.92 Å². The van der Waals surface area contributed by atoms with Crippen molar-refractivity contribution in [2.75, 3.05) is 6.61 Å². The molecule has 0 fully saturated rings. The van der Waals surface area contributed by atoms with Gasteiger partial charge >= 0.3 is 0 Å². The minimum absolute atomic E-state index is 0.0976. The van der Waals surface area contributed by atoms with Gasteiger partial charge < -0.3 is 13.9 Å². The summed E-state index contributed by atoms with van der Waals surface area (Å²) in [4.78, 5) is 12.4. The predicted octanol–water partition coefficient (Wildman–Crippen LogP) is 3.04. The molecule has 96 valence electrons. The molecule has 2 atom stereocenters. The second-order valence-electron chi connectivity index (χ2n) is 4.63. The molecular weight excluding hydrogens is 268 g/mol. The molecule has 0 aliphatic carbocycles. The standard InChI is InChI=1S/C14H9ClO4/c15-8-1-2-10-9(5-8)11(16)13-14(19-10)12-7(6-18-13)3-4-17-12/h1-5,7,12H,6H2. The van der Waals surface area contributed by atoms with E-state index in [0.29, 0.717) is 28.4 Å². The summed E-state index contributed by atoms with van der Waals surface area (Å²) in [7, 11) is 0. The smallest absolute Gasteiger partial charge is 0.235 e. The van der Waals surface area contributed by atoms with E-state index in [4.69, 9.17) is 25.5 Å². The molecule has 0 saturated heterocycles. The maximum absolute atomic E-state index is 12.4. The van der Waals surface area contributed by atoms with Gasteiger partial charge in [0.15, 0.2) is 11.9 Å². The number of hydrogen-bond acceptors (Lipinski definition) is 4. The van der Waals surface area contributed by atoms with Crippen LogP contribution < -0.4 is 10.2 Å². The van der Waals surface area contributed by atoms with E-state index in [-0.39, 0.29) is 23.2 Å². The normalized spacial score (nSPS) is 23.6. The molecule has 4 nitrogen and oxygen atoms in total. The largest absolute Gasteiger partial charge is 0.489 e. The summed E-state index contributed by atoms with van der Waals surface area (Å²) in [6.07, 6.45) is 3.27. The highest BCUT2D eigenvalue weighted by atomic mass is 35.5. The molecule has 0 saturated carbocycles. The number of halogens is 1. The maximum Gasteiger partial charge on any atom is 0.235 e. The number of ether oxygens (including phenoxy) is 2. The number of benzene rings is 1. The average molecular weight is 277 g/mol. The molecule has 0 amide bonds. The number of rotatable bonds is 0. The van der Waals surface area contributed by atoms with Crippen LogP contribution in [0.3, 0.4) is 0 Å². The Kier molecular flexibility index (Phi) is 2.17. The summed E-state index contributed by atoms with van der Waals surface area (Å²) in [5, 5.41) is 0.919. The molecule has 2 unspecified atom stereocenters. The zero-order chi connectivity index (χ0) is 13.0. The Labute approximate surface area is 113 Å². The summed E-state index contributed by atoms with van der Waals surface area (Å²) < 4.78 is 16.8. The molecule has 3 heterocycles. The summed E-state index contributed by atoms with van der Waals surface area (Å²) >= 11 is 5.91. The SMILES string of the molecule is O=c1c2c(oc3ccc(Cl)cc13)C1OC=CC1CO2. The first-order valence-corrected chi connectivity index (χ1v) is 6.33. The molecule has 5 heteroatoms. The Hall–Kier alpha value is -1.94. The molecule has 1 aromatic heterocycles. The molecule has 4 rings (SSSR count). The van der Waals surface area contributed by atoms with Crippen LogP contribution in [0.15, 0.2) is 39.7 Å². The monoisotopic (exact) mass is 276 g/mol. The van der Waals surface area contributed by atoms with Crippen LogP contribution >= 0.6 is 11.6 Å². The van der Waals surface area contributed by atoms with Crippen LogP contribution in [-0.4, -0.2) is 6.61 Å². The third kappa shape index (κ3) is 1.50. The van der Waals surface area contributed by atoms with Crippen LogP contribution in [0.25, 0.3) is 11.0 Å². The van der Waals surface area contributed by atoms with Gasteiger partial charge in [0.2, 0.25) is 11.2 Å². The fourth-order valence-corrected chi connectivity index (χ4v) is 2.68. The topological polar surface area (TPSA) is 48.7 Å². The minimum Gasteiger partial charge on any atom is -0.489 e. The Balaban J connectivity index is 2.02. The number of fused-ring (bicyclic) bond motifs is 4.